The lowest BCUT2D eigenvalue weighted by atomic mass is 10.1. The molecule has 0 amide bonds. The molecular weight excluding hydrogens is 242 g/mol. The maximum atomic E-state index is 12.4. The van der Waals surface area contributed by atoms with Crippen LogP contribution in [0.3, 0.4) is 0 Å². The topological polar surface area (TPSA) is 36.7 Å². The Morgan fingerprint density at radius 2 is 2.23 bits per heavy atom. The highest BCUT2D eigenvalue weighted by Crippen LogP contribution is 2.31. The molecule has 2 nitrogen and oxygen atoms in total. The van der Waals surface area contributed by atoms with E-state index >= 15 is 0 Å². The van der Waals surface area contributed by atoms with E-state index in [9.17, 15) is 8.78 Å². The Bertz CT molecular complexity index is 371. The van der Waals surface area contributed by atoms with Crippen molar-refractivity contribution in [3.63, 3.8) is 0 Å². The number of hydrogen-bond acceptors (Lipinski definition) is 2. The summed E-state index contributed by atoms with van der Waals surface area (Å²) in [5.41, 5.74) is 0.0317. The van der Waals surface area contributed by atoms with Crippen molar-refractivity contribution >= 4 is 15.9 Å². The van der Waals surface area contributed by atoms with E-state index in [0.717, 1.165) is 0 Å². The third-order valence-corrected chi connectivity index (χ3v) is 2.60. The van der Waals surface area contributed by atoms with Gasteiger partial charge >= 0.3 is 0 Å². The van der Waals surface area contributed by atoms with E-state index in [-0.39, 0.29) is 15.7 Å². The molecular formula is C8H5BrF2N2. The van der Waals surface area contributed by atoms with Crippen molar-refractivity contribution in [2.24, 2.45) is 0 Å². The van der Waals surface area contributed by atoms with E-state index in [1.165, 1.54) is 6.20 Å². The summed E-state index contributed by atoms with van der Waals surface area (Å²) in [5.74, 6) is 0. The first kappa shape index (κ1) is 10.1. The molecule has 13 heavy (non-hydrogen) atoms. The number of nitriles is 1. The van der Waals surface area contributed by atoms with Crippen molar-refractivity contribution in [1.29, 1.82) is 5.26 Å². The van der Waals surface area contributed by atoms with Gasteiger partial charge < -0.3 is 0 Å². The smallest absolute Gasteiger partial charge is 0.245 e. The molecule has 1 heterocycles. The molecule has 0 bridgehead atoms. The second-order valence-electron chi connectivity index (χ2n) is 2.43. The monoisotopic (exact) mass is 246 g/mol. The summed E-state index contributed by atoms with van der Waals surface area (Å²) < 4.78 is 25.1. The molecule has 1 aromatic rings. The van der Waals surface area contributed by atoms with Gasteiger partial charge in [0, 0.05) is 10.7 Å². The average molecular weight is 247 g/mol. The van der Waals surface area contributed by atoms with Crippen molar-refractivity contribution in [2.45, 2.75) is 13.3 Å². The number of rotatable bonds is 1. The van der Waals surface area contributed by atoms with Crippen molar-refractivity contribution in [1.82, 2.24) is 4.98 Å². The van der Waals surface area contributed by atoms with Gasteiger partial charge in [0.05, 0.1) is 5.56 Å². The zero-order valence-electron chi connectivity index (χ0n) is 6.68. The van der Waals surface area contributed by atoms with Gasteiger partial charge in [-0.25, -0.2) is 13.8 Å². The number of hydrogen-bond donors (Lipinski definition) is 0. The molecule has 0 aromatic carbocycles. The van der Waals surface area contributed by atoms with Crippen LogP contribution >= 0.6 is 15.9 Å². The summed E-state index contributed by atoms with van der Waals surface area (Å²) in [4.78, 5) is 3.61. The van der Waals surface area contributed by atoms with Crippen LogP contribution in [0.15, 0.2) is 10.7 Å². The minimum Gasteiger partial charge on any atom is -0.245 e. The van der Waals surface area contributed by atoms with Crippen LogP contribution < -0.4 is 0 Å². The van der Waals surface area contributed by atoms with Gasteiger partial charge in [-0.15, -0.1) is 0 Å². The van der Waals surface area contributed by atoms with Gasteiger partial charge in [-0.3, -0.25) is 0 Å². The molecule has 0 aliphatic rings. The van der Waals surface area contributed by atoms with Gasteiger partial charge in [-0.1, -0.05) is 0 Å². The van der Waals surface area contributed by atoms with Gasteiger partial charge in [0.15, 0.2) is 0 Å². The lowest BCUT2D eigenvalue weighted by molar-refractivity contribution is 0.149. The normalized spacial score (nSPS) is 10.2. The first-order chi connectivity index (χ1) is 6.07. The lowest BCUT2D eigenvalue weighted by Gasteiger charge is -2.06. The molecule has 0 unspecified atom stereocenters. The molecule has 0 aliphatic heterocycles. The maximum absolute atomic E-state index is 12.4. The molecule has 0 saturated carbocycles. The second kappa shape index (κ2) is 3.79. The molecule has 0 fully saturated rings. The zero-order chi connectivity index (χ0) is 10.0. The van der Waals surface area contributed by atoms with Gasteiger partial charge in [0.1, 0.15) is 11.8 Å². The van der Waals surface area contributed by atoms with Crippen LogP contribution in [0.1, 0.15) is 23.2 Å². The minimum absolute atomic E-state index is 0.229. The molecule has 0 radical (unpaired) electrons. The van der Waals surface area contributed by atoms with Crippen molar-refractivity contribution in [2.75, 3.05) is 0 Å². The van der Waals surface area contributed by atoms with Crippen LogP contribution in [0.25, 0.3) is 0 Å². The third kappa shape index (κ3) is 1.83. The fraction of sp³-hybridized carbons (Fsp3) is 0.250. The third-order valence-electron chi connectivity index (χ3n) is 1.55. The SMILES string of the molecule is Cc1cnc(C#N)c(C(F)F)c1Br. The first-order valence-corrected chi connectivity index (χ1v) is 4.20. The fourth-order valence-corrected chi connectivity index (χ4v) is 1.36. The Morgan fingerprint density at radius 1 is 1.62 bits per heavy atom. The predicted octanol–water partition coefficient (Wildman–Crippen LogP) is 2.96. The highest BCUT2D eigenvalue weighted by molar-refractivity contribution is 9.10. The minimum atomic E-state index is -2.68. The molecule has 0 aliphatic carbocycles. The summed E-state index contributed by atoms with van der Waals surface area (Å²) in [5, 5.41) is 8.52. The molecule has 0 saturated heterocycles. The Hall–Kier alpha value is -1.02. The standard InChI is InChI=1S/C8H5BrF2N2/c1-4-3-13-5(2-12)6(7(4)9)8(10)11/h3,8H,1H3. The fourth-order valence-electron chi connectivity index (χ4n) is 0.892. The van der Waals surface area contributed by atoms with Crippen molar-refractivity contribution in [3.05, 3.63) is 27.5 Å². The quantitative estimate of drug-likeness (QED) is 0.764. The molecule has 1 aromatic heterocycles. The average Bonchev–Trinajstić information content (AvgIpc) is 2.08. The molecule has 0 spiro atoms. The number of pyridine rings is 1. The van der Waals surface area contributed by atoms with Gasteiger partial charge in [-0.2, -0.15) is 5.26 Å². The molecule has 68 valence electrons. The summed E-state index contributed by atoms with van der Waals surface area (Å²) in [6, 6.07) is 1.62. The van der Waals surface area contributed by atoms with Gasteiger partial charge in [0.25, 0.3) is 6.43 Å². The van der Waals surface area contributed by atoms with Crippen LogP contribution in [0.4, 0.5) is 8.78 Å². The maximum Gasteiger partial charge on any atom is 0.267 e. The predicted molar refractivity (Wildman–Crippen MR) is 46.3 cm³/mol. The summed E-state index contributed by atoms with van der Waals surface area (Å²) in [6.07, 6.45) is -1.30. The van der Waals surface area contributed by atoms with E-state index < -0.39 is 6.43 Å². The van der Waals surface area contributed by atoms with E-state index in [1.54, 1.807) is 13.0 Å². The first-order valence-electron chi connectivity index (χ1n) is 3.41. The number of nitrogens with zero attached hydrogens (tertiary/aromatic N) is 2. The Labute approximate surface area is 82.3 Å². The van der Waals surface area contributed by atoms with Crippen LogP contribution in [0.5, 0.6) is 0 Å². The van der Waals surface area contributed by atoms with Crippen LogP contribution in [-0.4, -0.2) is 4.98 Å². The van der Waals surface area contributed by atoms with Crippen molar-refractivity contribution in [3.8, 4) is 6.07 Å². The zero-order valence-corrected chi connectivity index (χ0v) is 8.27. The van der Waals surface area contributed by atoms with Crippen molar-refractivity contribution < 1.29 is 8.78 Å². The Morgan fingerprint density at radius 3 is 2.69 bits per heavy atom. The highest BCUT2D eigenvalue weighted by Gasteiger charge is 2.19. The highest BCUT2D eigenvalue weighted by atomic mass is 79.9. The van der Waals surface area contributed by atoms with E-state index in [4.69, 9.17) is 5.26 Å². The van der Waals surface area contributed by atoms with Crippen LogP contribution in [0.2, 0.25) is 0 Å². The molecule has 0 atom stereocenters. The number of alkyl halides is 2. The molecule has 5 heteroatoms. The lowest BCUT2D eigenvalue weighted by Crippen LogP contribution is -1.97. The largest absolute Gasteiger partial charge is 0.267 e. The van der Waals surface area contributed by atoms with Gasteiger partial charge in [0.2, 0.25) is 0 Å². The number of aryl methyl sites for hydroxylation is 1. The van der Waals surface area contributed by atoms with Crippen LogP contribution in [-0.2, 0) is 0 Å². The summed E-state index contributed by atoms with van der Waals surface area (Å²) in [7, 11) is 0. The number of aromatic nitrogens is 1. The van der Waals surface area contributed by atoms with E-state index in [2.05, 4.69) is 20.9 Å². The Balaban J connectivity index is 3.43. The van der Waals surface area contributed by atoms with E-state index in [0.29, 0.717) is 5.56 Å². The van der Waals surface area contributed by atoms with Crippen LogP contribution in [0, 0.1) is 18.3 Å². The number of halogens is 3. The second-order valence-corrected chi connectivity index (χ2v) is 3.22. The summed E-state index contributed by atoms with van der Waals surface area (Å²) in [6.45, 7) is 1.64. The van der Waals surface area contributed by atoms with E-state index in [1.807, 2.05) is 0 Å². The Kier molecular flexibility index (Phi) is 2.94. The molecule has 1 rings (SSSR count). The summed E-state index contributed by atoms with van der Waals surface area (Å²) >= 11 is 3.00. The molecule has 0 N–H and O–H groups in total. The van der Waals surface area contributed by atoms with Gasteiger partial charge in [-0.05, 0) is 28.4 Å².